The Morgan fingerprint density at radius 2 is 1.77 bits per heavy atom. The van der Waals surface area contributed by atoms with E-state index in [0.717, 1.165) is 41.1 Å². The monoisotopic (exact) mass is 425 g/mol. The fraction of sp³-hybridized carbons (Fsp3) is 0.200. The van der Waals surface area contributed by atoms with Crippen molar-refractivity contribution in [3.8, 4) is 5.69 Å². The molecule has 4 nitrogen and oxygen atoms in total. The van der Waals surface area contributed by atoms with Crippen LogP contribution in [0.2, 0.25) is 0 Å². The van der Waals surface area contributed by atoms with Gasteiger partial charge in [-0.1, -0.05) is 6.07 Å². The topological polar surface area (TPSA) is 46.9 Å². The number of anilines is 1. The lowest BCUT2D eigenvalue weighted by molar-refractivity contribution is -0.141. The van der Waals surface area contributed by atoms with Gasteiger partial charge in [0.15, 0.2) is 23.1 Å². The van der Waals surface area contributed by atoms with Crippen molar-refractivity contribution < 1.29 is 31.1 Å². The average Bonchev–Trinajstić information content (AvgIpc) is 3.41. The normalized spacial score (nSPS) is 14.1. The smallest absolute Gasteiger partial charge is 0.322 e. The molecule has 0 spiro atoms. The van der Waals surface area contributed by atoms with Gasteiger partial charge in [0.1, 0.15) is 5.69 Å². The third-order valence-corrected chi connectivity index (χ3v) is 4.65. The fourth-order valence-electron chi connectivity index (χ4n) is 3.03. The Labute approximate surface area is 166 Å². The van der Waals surface area contributed by atoms with Crippen LogP contribution in [0.3, 0.4) is 0 Å². The minimum absolute atomic E-state index is 0.0823. The van der Waals surface area contributed by atoms with Gasteiger partial charge in [-0.05, 0) is 49.2 Å². The molecule has 1 N–H and O–H groups in total. The molecule has 30 heavy (non-hydrogen) atoms. The van der Waals surface area contributed by atoms with Crippen LogP contribution < -0.4 is 5.32 Å². The van der Waals surface area contributed by atoms with Gasteiger partial charge in [0.05, 0.1) is 5.56 Å². The summed E-state index contributed by atoms with van der Waals surface area (Å²) in [5.41, 5.74) is -1.75. The Kier molecular flexibility index (Phi) is 4.79. The van der Waals surface area contributed by atoms with Gasteiger partial charge >= 0.3 is 6.18 Å². The van der Waals surface area contributed by atoms with E-state index in [-0.39, 0.29) is 23.0 Å². The first kappa shape index (κ1) is 20.0. The standard InChI is InChI=1S/C20H13F6N3O/c21-13-3-1-2-12(18(13)23)19(30)27-11-6-7-15(14(22)8-11)29-16(10-4-5-10)9-17(28-29)20(24,25)26/h1-3,6-10H,4-5H2,(H,27,30). The van der Waals surface area contributed by atoms with Crippen LogP contribution in [0.25, 0.3) is 5.69 Å². The molecule has 2 aromatic carbocycles. The summed E-state index contributed by atoms with van der Waals surface area (Å²) >= 11 is 0. The summed E-state index contributed by atoms with van der Waals surface area (Å²) in [4.78, 5) is 12.1. The zero-order valence-electron chi connectivity index (χ0n) is 15.1. The lowest BCUT2D eigenvalue weighted by Crippen LogP contribution is -2.15. The van der Waals surface area contributed by atoms with E-state index in [1.54, 1.807) is 0 Å². The Balaban J connectivity index is 1.64. The van der Waals surface area contributed by atoms with Crippen LogP contribution >= 0.6 is 0 Å². The Morgan fingerprint density at radius 3 is 2.40 bits per heavy atom. The lowest BCUT2D eigenvalue weighted by Gasteiger charge is -2.11. The van der Waals surface area contributed by atoms with E-state index in [1.165, 1.54) is 6.07 Å². The maximum atomic E-state index is 14.7. The molecule has 0 saturated heterocycles. The van der Waals surface area contributed by atoms with E-state index in [2.05, 4.69) is 10.4 Å². The Morgan fingerprint density at radius 1 is 1.03 bits per heavy atom. The van der Waals surface area contributed by atoms with Gasteiger partial charge in [-0.15, -0.1) is 0 Å². The number of nitrogens with zero attached hydrogens (tertiary/aromatic N) is 2. The number of carbonyl (C=O) groups excluding carboxylic acids is 1. The van der Waals surface area contributed by atoms with Crippen molar-refractivity contribution in [2.75, 3.05) is 5.32 Å². The molecule has 1 aliphatic carbocycles. The van der Waals surface area contributed by atoms with Gasteiger partial charge in [-0.3, -0.25) is 4.79 Å². The fourth-order valence-corrected chi connectivity index (χ4v) is 3.03. The van der Waals surface area contributed by atoms with Gasteiger partial charge in [0.2, 0.25) is 0 Å². The minimum atomic E-state index is -4.67. The highest BCUT2D eigenvalue weighted by Gasteiger charge is 2.38. The first-order chi connectivity index (χ1) is 14.1. The maximum Gasteiger partial charge on any atom is 0.435 e. The number of nitrogens with one attached hydrogen (secondary N) is 1. The summed E-state index contributed by atoms with van der Waals surface area (Å²) in [6, 6.07) is 7.22. The summed E-state index contributed by atoms with van der Waals surface area (Å²) < 4.78 is 81.7. The highest BCUT2D eigenvalue weighted by atomic mass is 19.4. The Bertz CT molecular complexity index is 1130. The SMILES string of the molecule is O=C(Nc1ccc(-n2nc(C(F)(F)F)cc2C2CC2)c(F)c1)c1cccc(F)c1F. The van der Waals surface area contributed by atoms with Gasteiger partial charge < -0.3 is 5.32 Å². The van der Waals surface area contributed by atoms with Crippen molar-refractivity contribution in [2.45, 2.75) is 24.9 Å². The summed E-state index contributed by atoms with van der Waals surface area (Å²) in [5, 5.41) is 5.74. The van der Waals surface area contributed by atoms with Crippen LogP contribution in [0.15, 0.2) is 42.5 Å². The van der Waals surface area contributed by atoms with Crippen molar-refractivity contribution in [1.82, 2.24) is 9.78 Å². The highest BCUT2D eigenvalue weighted by Crippen LogP contribution is 2.43. The second-order valence-electron chi connectivity index (χ2n) is 6.86. The van der Waals surface area contributed by atoms with Crippen molar-refractivity contribution in [2.24, 2.45) is 0 Å². The summed E-state index contributed by atoms with van der Waals surface area (Å²) in [6.45, 7) is 0. The second-order valence-corrected chi connectivity index (χ2v) is 6.86. The lowest BCUT2D eigenvalue weighted by atomic mass is 10.2. The zero-order valence-corrected chi connectivity index (χ0v) is 15.1. The second kappa shape index (κ2) is 7.19. The average molecular weight is 425 g/mol. The molecule has 1 fully saturated rings. The molecule has 0 atom stereocenters. The highest BCUT2D eigenvalue weighted by molar-refractivity contribution is 6.04. The predicted molar refractivity (Wildman–Crippen MR) is 94.8 cm³/mol. The first-order valence-corrected chi connectivity index (χ1v) is 8.87. The molecular weight excluding hydrogens is 412 g/mol. The summed E-state index contributed by atoms with van der Waals surface area (Å²) in [5.74, 6) is -4.64. The molecule has 1 aromatic heterocycles. The van der Waals surface area contributed by atoms with Crippen LogP contribution in [0.4, 0.5) is 32.0 Å². The van der Waals surface area contributed by atoms with Gasteiger partial charge in [0, 0.05) is 17.3 Å². The van der Waals surface area contributed by atoms with Crippen LogP contribution in [-0.4, -0.2) is 15.7 Å². The molecule has 0 unspecified atom stereocenters. The first-order valence-electron chi connectivity index (χ1n) is 8.87. The van der Waals surface area contributed by atoms with Crippen LogP contribution in [0.5, 0.6) is 0 Å². The molecule has 10 heteroatoms. The Hall–Kier alpha value is -3.30. The molecule has 1 saturated carbocycles. The molecule has 1 heterocycles. The van der Waals surface area contributed by atoms with Crippen molar-refractivity contribution >= 4 is 11.6 Å². The van der Waals surface area contributed by atoms with Gasteiger partial charge in [0.25, 0.3) is 5.91 Å². The molecule has 156 valence electrons. The number of amides is 1. The molecule has 0 bridgehead atoms. The predicted octanol–water partition coefficient (Wildman–Crippen LogP) is 5.44. The van der Waals surface area contributed by atoms with E-state index in [4.69, 9.17) is 0 Å². The number of alkyl halides is 3. The van der Waals surface area contributed by atoms with Gasteiger partial charge in [-0.2, -0.15) is 18.3 Å². The third kappa shape index (κ3) is 3.77. The molecule has 4 rings (SSSR count). The van der Waals surface area contributed by atoms with Crippen molar-refractivity contribution in [1.29, 1.82) is 0 Å². The molecule has 3 aromatic rings. The third-order valence-electron chi connectivity index (χ3n) is 4.65. The maximum absolute atomic E-state index is 14.7. The van der Waals surface area contributed by atoms with E-state index < -0.39 is 40.8 Å². The molecule has 1 aliphatic rings. The quantitative estimate of drug-likeness (QED) is 0.566. The number of halogens is 6. The summed E-state index contributed by atoms with van der Waals surface area (Å²) in [6.07, 6.45) is -3.32. The number of hydrogen-bond donors (Lipinski definition) is 1. The van der Waals surface area contributed by atoms with E-state index >= 15 is 0 Å². The van der Waals surface area contributed by atoms with E-state index in [0.29, 0.717) is 12.8 Å². The number of aromatic nitrogens is 2. The largest absolute Gasteiger partial charge is 0.435 e. The van der Waals surface area contributed by atoms with Crippen LogP contribution in [-0.2, 0) is 6.18 Å². The molecule has 0 radical (unpaired) electrons. The van der Waals surface area contributed by atoms with E-state index in [1.807, 2.05) is 0 Å². The zero-order chi connectivity index (χ0) is 21.6. The molecule has 0 aliphatic heterocycles. The van der Waals surface area contributed by atoms with Crippen molar-refractivity contribution in [3.63, 3.8) is 0 Å². The number of benzene rings is 2. The number of hydrogen-bond acceptors (Lipinski definition) is 2. The van der Waals surface area contributed by atoms with Gasteiger partial charge in [-0.25, -0.2) is 17.9 Å². The molecule has 1 amide bonds. The van der Waals surface area contributed by atoms with E-state index in [9.17, 15) is 31.1 Å². The number of rotatable bonds is 4. The van der Waals surface area contributed by atoms with Crippen LogP contribution in [0.1, 0.15) is 40.5 Å². The van der Waals surface area contributed by atoms with Crippen LogP contribution in [0, 0.1) is 17.5 Å². The minimum Gasteiger partial charge on any atom is -0.322 e. The van der Waals surface area contributed by atoms with Crippen molar-refractivity contribution in [3.05, 3.63) is 76.9 Å². The number of carbonyl (C=O) groups is 1. The molecular formula is C20H13F6N3O. The summed E-state index contributed by atoms with van der Waals surface area (Å²) in [7, 11) is 0.